The monoisotopic (exact) mass is 374 g/mol. The molecule has 7 heteroatoms. The Kier molecular flexibility index (Phi) is 5.86. The molecule has 2 heterocycles. The van der Waals surface area contributed by atoms with Gasteiger partial charge in [0.15, 0.2) is 0 Å². The molecule has 0 aliphatic carbocycles. The molecule has 0 saturated carbocycles. The van der Waals surface area contributed by atoms with Gasteiger partial charge in [0.25, 0.3) is 0 Å². The summed E-state index contributed by atoms with van der Waals surface area (Å²) in [5, 5.41) is 11.5. The van der Waals surface area contributed by atoms with Gasteiger partial charge in [0.05, 0.1) is 0 Å². The number of amides is 1. The minimum Gasteiger partial charge on any atom is -0.406 e. The van der Waals surface area contributed by atoms with Crippen LogP contribution >= 0.6 is 11.8 Å². The average molecular weight is 375 g/mol. The maximum atomic E-state index is 12.5. The Labute approximate surface area is 158 Å². The van der Waals surface area contributed by atoms with Crippen LogP contribution in [0.4, 0.5) is 6.01 Å². The lowest BCUT2D eigenvalue weighted by molar-refractivity contribution is -0.129. The normalized spacial score (nSPS) is 16.3. The largest absolute Gasteiger partial charge is 0.406 e. The predicted octanol–water partition coefficient (Wildman–Crippen LogP) is 3.07. The summed E-state index contributed by atoms with van der Waals surface area (Å²) in [7, 11) is 0. The highest BCUT2D eigenvalue weighted by molar-refractivity contribution is 7.99. The van der Waals surface area contributed by atoms with Crippen LogP contribution in [0, 0.1) is 5.41 Å². The van der Waals surface area contributed by atoms with Crippen LogP contribution in [0.15, 0.2) is 34.7 Å². The van der Waals surface area contributed by atoms with E-state index in [4.69, 9.17) is 4.42 Å². The molecule has 1 N–H and O–H groups in total. The van der Waals surface area contributed by atoms with Gasteiger partial charge in [-0.2, -0.15) is 11.8 Å². The Morgan fingerprint density at radius 3 is 2.58 bits per heavy atom. The van der Waals surface area contributed by atoms with Crippen molar-refractivity contribution in [3.63, 3.8) is 0 Å². The lowest BCUT2D eigenvalue weighted by atomic mass is 9.94. The van der Waals surface area contributed by atoms with Crippen molar-refractivity contribution < 1.29 is 9.21 Å². The number of hydrogen-bond donors (Lipinski definition) is 1. The van der Waals surface area contributed by atoms with Gasteiger partial charge in [0.1, 0.15) is 6.04 Å². The van der Waals surface area contributed by atoms with E-state index < -0.39 is 5.41 Å². The molecule has 6 nitrogen and oxygen atoms in total. The van der Waals surface area contributed by atoms with E-state index >= 15 is 0 Å². The van der Waals surface area contributed by atoms with Crippen LogP contribution in [0.3, 0.4) is 0 Å². The first kappa shape index (κ1) is 18.8. The van der Waals surface area contributed by atoms with Crippen LogP contribution in [-0.4, -0.2) is 40.7 Å². The summed E-state index contributed by atoms with van der Waals surface area (Å²) in [5.74, 6) is 2.55. The molecule has 0 unspecified atom stereocenters. The number of thioether (sulfide) groups is 1. The molecule has 0 bridgehead atoms. The fraction of sp³-hybridized carbons (Fsp3) is 0.526. The van der Waals surface area contributed by atoms with Gasteiger partial charge in [-0.15, -0.1) is 5.10 Å². The second kappa shape index (κ2) is 8.12. The molecule has 140 valence electrons. The summed E-state index contributed by atoms with van der Waals surface area (Å²) in [6.45, 7) is 7.50. The molecule has 1 saturated heterocycles. The molecule has 1 amide bonds. The van der Waals surface area contributed by atoms with Crippen molar-refractivity contribution in [2.75, 3.05) is 29.5 Å². The molecular formula is C19H26N4O2S. The number of carbonyl (C=O) groups excluding carboxylic acids is 1. The summed E-state index contributed by atoms with van der Waals surface area (Å²) in [6.07, 6.45) is 0.611. The zero-order valence-corrected chi connectivity index (χ0v) is 16.4. The third-order valence-electron chi connectivity index (χ3n) is 4.28. The first-order chi connectivity index (χ1) is 12.4. The molecule has 3 rings (SSSR count). The average Bonchev–Trinajstić information content (AvgIpc) is 3.12. The highest BCUT2D eigenvalue weighted by Crippen LogP contribution is 2.24. The molecular weight excluding hydrogens is 348 g/mol. The molecule has 26 heavy (non-hydrogen) atoms. The van der Waals surface area contributed by atoms with Gasteiger partial charge in [0, 0.05) is 36.4 Å². The lowest BCUT2D eigenvalue weighted by Gasteiger charge is -2.24. The first-order valence-electron chi connectivity index (χ1n) is 8.94. The first-order valence-corrected chi connectivity index (χ1v) is 10.1. The molecule has 1 aliphatic rings. The van der Waals surface area contributed by atoms with Gasteiger partial charge in [-0.1, -0.05) is 56.2 Å². The van der Waals surface area contributed by atoms with E-state index in [0.29, 0.717) is 18.3 Å². The standard InChI is InChI=1S/C19H26N4O2S/c1-19(2,3)17(24)20-15(13-14-7-5-4-6-8-14)16-21-22-18(25-16)23-9-11-26-12-10-23/h4-8,15H,9-13H2,1-3H3,(H,20,24)/t15-/m0/s1. The SMILES string of the molecule is CC(C)(C)C(=O)N[C@@H](Cc1ccccc1)c1nnc(N2CCSCC2)o1. The van der Waals surface area contributed by atoms with E-state index in [0.717, 1.165) is 30.2 Å². The zero-order valence-electron chi connectivity index (χ0n) is 15.6. The predicted molar refractivity (Wildman–Crippen MR) is 104 cm³/mol. The van der Waals surface area contributed by atoms with Crippen molar-refractivity contribution in [3.8, 4) is 0 Å². The Morgan fingerprint density at radius 1 is 1.23 bits per heavy atom. The fourth-order valence-corrected chi connectivity index (χ4v) is 3.58. The van der Waals surface area contributed by atoms with Crippen LogP contribution in [0.5, 0.6) is 0 Å². The molecule has 0 radical (unpaired) electrons. The minimum absolute atomic E-state index is 0.0347. The van der Waals surface area contributed by atoms with Gasteiger partial charge in [-0.3, -0.25) is 4.79 Å². The van der Waals surface area contributed by atoms with Gasteiger partial charge < -0.3 is 14.6 Å². The quantitative estimate of drug-likeness (QED) is 0.867. The summed E-state index contributed by atoms with van der Waals surface area (Å²) >= 11 is 1.93. The molecule has 1 atom stereocenters. The highest BCUT2D eigenvalue weighted by Gasteiger charge is 2.28. The van der Waals surface area contributed by atoms with E-state index in [-0.39, 0.29) is 11.9 Å². The highest BCUT2D eigenvalue weighted by atomic mass is 32.2. The van der Waals surface area contributed by atoms with Gasteiger partial charge >= 0.3 is 6.01 Å². The van der Waals surface area contributed by atoms with E-state index in [1.165, 1.54) is 0 Å². The smallest absolute Gasteiger partial charge is 0.318 e. The minimum atomic E-state index is -0.484. The molecule has 1 aliphatic heterocycles. The van der Waals surface area contributed by atoms with E-state index in [1.54, 1.807) is 0 Å². The second-order valence-electron chi connectivity index (χ2n) is 7.49. The van der Waals surface area contributed by atoms with Crippen LogP contribution in [-0.2, 0) is 11.2 Å². The fourth-order valence-electron chi connectivity index (χ4n) is 2.67. The van der Waals surface area contributed by atoms with Crippen LogP contribution in [0.25, 0.3) is 0 Å². The van der Waals surface area contributed by atoms with Crippen LogP contribution < -0.4 is 10.2 Å². The van der Waals surface area contributed by atoms with E-state index in [2.05, 4.69) is 20.4 Å². The number of aromatic nitrogens is 2. The van der Waals surface area contributed by atoms with Crippen molar-refractivity contribution in [1.82, 2.24) is 15.5 Å². The van der Waals surface area contributed by atoms with Crippen molar-refractivity contribution in [2.45, 2.75) is 33.2 Å². The number of anilines is 1. The van der Waals surface area contributed by atoms with Crippen molar-refractivity contribution in [2.24, 2.45) is 5.41 Å². The molecule has 1 aromatic heterocycles. The maximum Gasteiger partial charge on any atom is 0.318 e. The number of carbonyl (C=O) groups is 1. The maximum absolute atomic E-state index is 12.5. The summed E-state index contributed by atoms with van der Waals surface area (Å²) in [6, 6.07) is 10.2. The summed E-state index contributed by atoms with van der Waals surface area (Å²) < 4.78 is 5.95. The van der Waals surface area contributed by atoms with Gasteiger partial charge in [0.2, 0.25) is 11.8 Å². The number of nitrogens with zero attached hydrogens (tertiary/aromatic N) is 3. The number of rotatable bonds is 5. The molecule has 1 fully saturated rings. The molecule has 1 aromatic carbocycles. The Morgan fingerprint density at radius 2 is 1.92 bits per heavy atom. The van der Waals surface area contributed by atoms with Crippen LogP contribution in [0.1, 0.15) is 38.3 Å². The van der Waals surface area contributed by atoms with Crippen molar-refractivity contribution in [3.05, 3.63) is 41.8 Å². The third-order valence-corrected chi connectivity index (χ3v) is 5.22. The number of hydrogen-bond acceptors (Lipinski definition) is 6. The topological polar surface area (TPSA) is 71.3 Å². The van der Waals surface area contributed by atoms with Crippen molar-refractivity contribution in [1.29, 1.82) is 0 Å². The summed E-state index contributed by atoms with van der Waals surface area (Å²) in [4.78, 5) is 14.6. The molecule has 0 spiro atoms. The Balaban J connectivity index is 1.80. The van der Waals surface area contributed by atoms with E-state index in [1.807, 2.05) is 62.9 Å². The van der Waals surface area contributed by atoms with Gasteiger partial charge in [-0.05, 0) is 5.56 Å². The third kappa shape index (κ3) is 4.78. The number of benzene rings is 1. The van der Waals surface area contributed by atoms with E-state index in [9.17, 15) is 4.79 Å². The summed E-state index contributed by atoms with van der Waals surface area (Å²) in [5.41, 5.74) is 0.628. The number of nitrogens with one attached hydrogen (secondary N) is 1. The van der Waals surface area contributed by atoms with Crippen molar-refractivity contribution >= 4 is 23.7 Å². The van der Waals surface area contributed by atoms with Gasteiger partial charge in [-0.25, -0.2) is 0 Å². The van der Waals surface area contributed by atoms with Crippen LogP contribution in [0.2, 0.25) is 0 Å². The zero-order chi connectivity index (χ0) is 18.6. The second-order valence-corrected chi connectivity index (χ2v) is 8.71. The molecule has 2 aromatic rings. The Bertz CT molecular complexity index is 721. The lowest BCUT2D eigenvalue weighted by Crippen LogP contribution is -2.38. The Hall–Kier alpha value is -2.02.